The molecule has 0 aliphatic carbocycles. The van der Waals surface area contributed by atoms with Gasteiger partial charge in [0.05, 0.1) is 23.2 Å². The molecular weight excluding hydrogens is 466 g/mol. The van der Waals surface area contributed by atoms with Gasteiger partial charge in [-0.25, -0.2) is 13.2 Å². The zero-order valence-electron chi connectivity index (χ0n) is 16.8. The van der Waals surface area contributed by atoms with Gasteiger partial charge < -0.3 is 10.0 Å². The van der Waals surface area contributed by atoms with Crippen molar-refractivity contribution in [3.8, 4) is 0 Å². The van der Waals surface area contributed by atoms with Crippen molar-refractivity contribution in [2.45, 2.75) is 31.3 Å². The van der Waals surface area contributed by atoms with E-state index in [0.29, 0.717) is 16.5 Å². The van der Waals surface area contributed by atoms with Crippen molar-refractivity contribution in [1.29, 1.82) is 0 Å². The molecule has 1 atom stereocenters. The van der Waals surface area contributed by atoms with Gasteiger partial charge in [-0.2, -0.15) is 5.10 Å². The fraction of sp³-hybridized carbons (Fsp3) is 0.364. The fourth-order valence-electron chi connectivity index (χ4n) is 4.14. The highest BCUT2D eigenvalue weighted by Crippen LogP contribution is 2.44. The van der Waals surface area contributed by atoms with Crippen LogP contribution >= 0.6 is 23.2 Å². The number of halogens is 5. The van der Waals surface area contributed by atoms with E-state index < -0.39 is 23.8 Å². The molecule has 0 radical (unpaired) electrons. The SMILES string of the molecule is O=C(Cc1ccc(Cl)c(F)c1)N1CCC(C(F)(F)C(O)c2cc(Cl)cc3cn[nH]c23)CC1. The van der Waals surface area contributed by atoms with E-state index in [4.69, 9.17) is 23.2 Å². The predicted octanol–water partition coefficient (Wildman–Crippen LogP) is 5.16. The summed E-state index contributed by atoms with van der Waals surface area (Å²) in [7, 11) is 0. The lowest BCUT2D eigenvalue weighted by atomic mass is 9.84. The summed E-state index contributed by atoms with van der Waals surface area (Å²) in [4.78, 5) is 14.0. The van der Waals surface area contributed by atoms with Gasteiger partial charge in [-0.3, -0.25) is 9.89 Å². The number of alkyl halides is 2. The number of carbonyl (C=O) groups excluding carboxylic acids is 1. The third-order valence-electron chi connectivity index (χ3n) is 5.93. The van der Waals surface area contributed by atoms with Crippen LogP contribution in [0.1, 0.15) is 30.1 Å². The van der Waals surface area contributed by atoms with E-state index in [1.807, 2.05) is 0 Å². The number of aliphatic hydroxyl groups excluding tert-OH is 1. The van der Waals surface area contributed by atoms with E-state index in [1.165, 1.54) is 29.3 Å². The van der Waals surface area contributed by atoms with Crippen LogP contribution in [-0.2, 0) is 11.2 Å². The molecule has 1 aliphatic rings. The van der Waals surface area contributed by atoms with Gasteiger partial charge in [0.25, 0.3) is 5.92 Å². The van der Waals surface area contributed by atoms with Crippen LogP contribution in [-0.4, -0.2) is 45.1 Å². The van der Waals surface area contributed by atoms with Crippen molar-refractivity contribution >= 4 is 40.0 Å². The van der Waals surface area contributed by atoms with Crippen LogP contribution in [0.25, 0.3) is 10.9 Å². The van der Waals surface area contributed by atoms with Crippen LogP contribution in [0.2, 0.25) is 10.0 Å². The Morgan fingerprint density at radius 2 is 1.97 bits per heavy atom. The molecule has 10 heteroatoms. The lowest BCUT2D eigenvalue weighted by molar-refractivity contribution is -0.164. The molecule has 0 saturated carbocycles. The predicted molar refractivity (Wildman–Crippen MR) is 115 cm³/mol. The second kappa shape index (κ2) is 8.92. The zero-order chi connectivity index (χ0) is 23.0. The molecule has 1 aliphatic heterocycles. The summed E-state index contributed by atoms with van der Waals surface area (Å²) in [5.74, 6) is -5.44. The number of rotatable bonds is 5. The molecule has 0 spiro atoms. The van der Waals surface area contributed by atoms with E-state index in [0.717, 1.165) is 0 Å². The van der Waals surface area contributed by atoms with Crippen LogP contribution in [0.15, 0.2) is 36.5 Å². The molecule has 4 rings (SSSR count). The van der Waals surface area contributed by atoms with Crippen LogP contribution in [0.3, 0.4) is 0 Å². The van der Waals surface area contributed by atoms with E-state index in [2.05, 4.69) is 10.2 Å². The second-order valence-corrected chi connectivity index (χ2v) is 8.83. The molecule has 1 saturated heterocycles. The molecule has 0 bridgehead atoms. The lowest BCUT2D eigenvalue weighted by Gasteiger charge is -2.38. The number of amides is 1. The first-order valence-corrected chi connectivity index (χ1v) is 10.8. The molecule has 1 aromatic heterocycles. The normalized spacial score (nSPS) is 16.5. The number of H-pyrrole nitrogens is 1. The number of fused-ring (bicyclic) bond motifs is 1. The highest BCUT2D eigenvalue weighted by molar-refractivity contribution is 6.31. The first kappa shape index (κ1) is 22.9. The Bertz CT molecular complexity index is 1150. The van der Waals surface area contributed by atoms with Gasteiger partial charge in [-0.15, -0.1) is 0 Å². The number of aromatic nitrogens is 2. The summed E-state index contributed by atoms with van der Waals surface area (Å²) in [5, 5.41) is 17.8. The monoisotopic (exact) mass is 485 g/mol. The zero-order valence-corrected chi connectivity index (χ0v) is 18.3. The van der Waals surface area contributed by atoms with E-state index in [1.54, 1.807) is 12.1 Å². The summed E-state index contributed by atoms with van der Waals surface area (Å²) in [6.45, 7) is 0.244. The number of carbonyl (C=O) groups is 1. The minimum absolute atomic E-state index is 0.0155. The van der Waals surface area contributed by atoms with Gasteiger partial charge in [-0.1, -0.05) is 29.3 Å². The molecule has 1 unspecified atom stereocenters. The summed E-state index contributed by atoms with van der Waals surface area (Å²) in [6.07, 6.45) is -0.618. The Balaban J connectivity index is 1.42. The van der Waals surface area contributed by atoms with Crippen molar-refractivity contribution < 1.29 is 23.1 Å². The third kappa shape index (κ3) is 4.44. The van der Waals surface area contributed by atoms with Gasteiger partial charge in [0, 0.05) is 35.0 Å². The quantitative estimate of drug-likeness (QED) is 0.524. The van der Waals surface area contributed by atoms with E-state index in [-0.39, 0.29) is 53.9 Å². The van der Waals surface area contributed by atoms with Crippen LogP contribution in [0.5, 0.6) is 0 Å². The third-order valence-corrected chi connectivity index (χ3v) is 6.46. The molecular formula is C22H20Cl2F3N3O2. The summed E-state index contributed by atoms with van der Waals surface area (Å²) in [5.41, 5.74) is 0.756. The molecule has 2 heterocycles. The largest absolute Gasteiger partial charge is 0.382 e. The molecule has 2 N–H and O–H groups in total. The molecule has 1 amide bonds. The second-order valence-electron chi connectivity index (χ2n) is 7.99. The number of hydrogen-bond donors (Lipinski definition) is 2. The van der Waals surface area contributed by atoms with Crippen LogP contribution in [0.4, 0.5) is 13.2 Å². The van der Waals surface area contributed by atoms with Crippen molar-refractivity contribution in [1.82, 2.24) is 15.1 Å². The highest BCUT2D eigenvalue weighted by Gasteiger charge is 2.48. The average Bonchev–Trinajstić information content (AvgIpc) is 3.23. The maximum absolute atomic E-state index is 15.2. The Kier molecular flexibility index (Phi) is 6.38. The molecule has 1 fully saturated rings. The lowest BCUT2D eigenvalue weighted by Crippen LogP contribution is -2.45. The summed E-state index contributed by atoms with van der Waals surface area (Å²) >= 11 is 11.7. The smallest absolute Gasteiger partial charge is 0.280 e. The molecule has 2 aromatic carbocycles. The standard InChI is InChI=1S/C22H20Cl2F3N3O2/c23-15-9-13-11-28-29-20(13)16(10-15)21(32)22(26,27)14-3-5-30(6-4-14)19(31)8-12-1-2-17(24)18(25)7-12/h1-2,7,9-11,14,21,32H,3-6,8H2,(H,28,29). The first-order valence-electron chi connectivity index (χ1n) is 10.1. The molecule has 170 valence electrons. The van der Waals surface area contributed by atoms with E-state index in [9.17, 15) is 14.3 Å². The summed E-state index contributed by atoms with van der Waals surface area (Å²) < 4.78 is 44.0. The number of hydrogen-bond acceptors (Lipinski definition) is 3. The number of likely N-dealkylation sites (tertiary alicyclic amines) is 1. The van der Waals surface area contributed by atoms with Crippen LogP contribution < -0.4 is 0 Å². The number of nitrogens with one attached hydrogen (secondary N) is 1. The number of aromatic amines is 1. The summed E-state index contributed by atoms with van der Waals surface area (Å²) in [6, 6.07) is 7.01. The molecule has 32 heavy (non-hydrogen) atoms. The fourth-order valence-corrected chi connectivity index (χ4v) is 4.50. The number of nitrogens with zero attached hydrogens (tertiary/aromatic N) is 2. The van der Waals surface area contributed by atoms with Gasteiger partial charge in [0.1, 0.15) is 11.9 Å². The Morgan fingerprint density at radius 1 is 1.25 bits per heavy atom. The maximum atomic E-state index is 15.2. The van der Waals surface area contributed by atoms with Gasteiger partial charge in [0.15, 0.2) is 0 Å². The maximum Gasteiger partial charge on any atom is 0.280 e. The Morgan fingerprint density at radius 3 is 2.66 bits per heavy atom. The molecule has 3 aromatic rings. The van der Waals surface area contributed by atoms with E-state index >= 15 is 8.78 Å². The Hall–Kier alpha value is -2.29. The van der Waals surface area contributed by atoms with Gasteiger partial charge in [-0.05, 0) is 42.7 Å². The minimum Gasteiger partial charge on any atom is -0.382 e. The van der Waals surface area contributed by atoms with Crippen molar-refractivity contribution in [3.05, 3.63) is 63.5 Å². The minimum atomic E-state index is -3.43. The van der Waals surface area contributed by atoms with Gasteiger partial charge in [0.2, 0.25) is 5.91 Å². The number of aliphatic hydroxyl groups is 1. The number of benzene rings is 2. The average molecular weight is 486 g/mol. The van der Waals surface area contributed by atoms with Gasteiger partial charge >= 0.3 is 0 Å². The number of piperidine rings is 1. The van der Waals surface area contributed by atoms with Crippen molar-refractivity contribution in [3.63, 3.8) is 0 Å². The molecule has 5 nitrogen and oxygen atoms in total. The van der Waals surface area contributed by atoms with Crippen molar-refractivity contribution in [2.75, 3.05) is 13.1 Å². The Labute approximate surface area is 192 Å². The van der Waals surface area contributed by atoms with Crippen LogP contribution in [0, 0.1) is 11.7 Å². The van der Waals surface area contributed by atoms with Crippen molar-refractivity contribution in [2.24, 2.45) is 5.92 Å². The highest BCUT2D eigenvalue weighted by atomic mass is 35.5. The topological polar surface area (TPSA) is 69.2 Å². The first-order chi connectivity index (χ1) is 15.2.